The predicted octanol–water partition coefficient (Wildman–Crippen LogP) is 4.80. The highest BCUT2D eigenvalue weighted by molar-refractivity contribution is 5.94. The van der Waals surface area contributed by atoms with Gasteiger partial charge < -0.3 is 4.74 Å². The van der Waals surface area contributed by atoms with E-state index in [1.165, 1.54) is 19.1 Å². The number of methoxy groups -OCH3 is 1. The molecule has 0 bridgehead atoms. The lowest BCUT2D eigenvalue weighted by Crippen LogP contribution is -2.52. The summed E-state index contributed by atoms with van der Waals surface area (Å²) >= 11 is 0. The Morgan fingerprint density at radius 2 is 1.52 bits per heavy atom. The standard InChI is InChI=1S/C14H13F7O2/c1-8(22)9-3-5-10(6-4-9)11(23-2)7-12(15,16)13(17,18)14(19,20)21/h3-6,11H,7H2,1-2H3. The molecule has 0 aliphatic heterocycles. The number of hydrogen-bond acceptors (Lipinski definition) is 2. The second kappa shape index (κ2) is 6.46. The van der Waals surface area contributed by atoms with Gasteiger partial charge in [0.15, 0.2) is 5.78 Å². The van der Waals surface area contributed by atoms with Crippen LogP contribution in [0.2, 0.25) is 0 Å². The molecule has 1 aromatic carbocycles. The molecule has 0 heterocycles. The summed E-state index contributed by atoms with van der Waals surface area (Å²) in [5.41, 5.74) is 0.186. The van der Waals surface area contributed by atoms with Gasteiger partial charge in [-0.2, -0.15) is 30.7 Å². The van der Waals surface area contributed by atoms with E-state index >= 15 is 0 Å². The molecule has 0 radical (unpaired) electrons. The summed E-state index contributed by atoms with van der Waals surface area (Å²) in [5, 5.41) is 0. The van der Waals surface area contributed by atoms with Crippen LogP contribution >= 0.6 is 0 Å². The number of halogens is 7. The van der Waals surface area contributed by atoms with E-state index in [0.717, 1.165) is 19.2 Å². The maximum Gasteiger partial charge on any atom is 0.459 e. The normalized spacial score (nSPS) is 14.7. The van der Waals surface area contributed by atoms with Crippen LogP contribution in [0, 0.1) is 0 Å². The van der Waals surface area contributed by atoms with Crippen LogP contribution in [0.4, 0.5) is 30.7 Å². The van der Waals surface area contributed by atoms with Gasteiger partial charge in [0.25, 0.3) is 0 Å². The van der Waals surface area contributed by atoms with Gasteiger partial charge in [-0.15, -0.1) is 0 Å². The van der Waals surface area contributed by atoms with Crippen molar-refractivity contribution in [2.45, 2.75) is 37.5 Å². The number of carbonyl (C=O) groups excluding carboxylic acids is 1. The highest BCUT2D eigenvalue weighted by Crippen LogP contribution is 2.50. The number of hydrogen-bond donors (Lipinski definition) is 0. The van der Waals surface area contributed by atoms with Crippen LogP contribution in [0.25, 0.3) is 0 Å². The topological polar surface area (TPSA) is 26.3 Å². The molecule has 0 fully saturated rings. The molecule has 0 spiro atoms. The Hall–Kier alpha value is -1.64. The second-order valence-electron chi connectivity index (χ2n) is 4.88. The van der Waals surface area contributed by atoms with Crippen molar-refractivity contribution in [1.29, 1.82) is 0 Å². The fourth-order valence-corrected chi connectivity index (χ4v) is 1.84. The lowest BCUT2D eigenvalue weighted by atomic mass is 9.97. The molecule has 0 saturated carbocycles. The fourth-order valence-electron chi connectivity index (χ4n) is 1.84. The van der Waals surface area contributed by atoms with Crippen LogP contribution in [-0.2, 0) is 4.74 Å². The number of Topliss-reactive ketones (excluding diaryl/α,β-unsaturated/α-hetero) is 1. The van der Waals surface area contributed by atoms with Crippen molar-refractivity contribution in [3.05, 3.63) is 35.4 Å². The fraction of sp³-hybridized carbons (Fsp3) is 0.500. The first kappa shape index (κ1) is 19.4. The van der Waals surface area contributed by atoms with Crippen LogP contribution < -0.4 is 0 Å². The number of benzene rings is 1. The third kappa shape index (κ3) is 4.01. The summed E-state index contributed by atoms with van der Waals surface area (Å²) in [6, 6.07) is 4.80. The van der Waals surface area contributed by atoms with Gasteiger partial charge in [0.1, 0.15) is 0 Å². The van der Waals surface area contributed by atoms with Crippen molar-refractivity contribution in [2.24, 2.45) is 0 Å². The first-order chi connectivity index (χ1) is 10.3. The molecule has 1 atom stereocenters. The van der Waals surface area contributed by atoms with Gasteiger partial charge in [0.2, 0.25) is 0 Å². The first-order valence-electron chi connectivity index (χ1n) is 6.29. The van der Waals surface area contributed by atoms with Crippen LogP contribution in [0.15, 0.2) is 24.3 Å². The summed E-state index contributed by atoms with van der Waals surface area (Å²) < 4.78 is 93.7. The van der Waals surface area contributed by atoms with E-state index < -0.39 is 30.5 Å². The Morgan fingerprint density at radius 1 is 1.04 bits per heavy atom. The van der Waals surface area contributed by atoms with Crippen LogP contribution in [-0.4, -0.2) is 30.9 Å². The van der Waals surface area contributed by atoms with Gasteiger partial charge in [0, 0.05) is 19.1 Å². The van der Waals surface area contributed by atoms with E-state index in [1.807, 2.05) is 0 Å². The van der Waals surface area contributed by atoms with E-state index in [9.17, 15) is 35.5 Å². The van der Waals surface area contributed by atoms with E-state index in [2.05, 4.69) is 4.74 Å². The van der Waals surface area contributed by atoms with Gasteiger partial charge in [-0.3, -0.25) is 4.79 Å². The summed E-state index contributed by atoms with van der Waals surface area (Å²) in [7, 11) is 0.908. The molecule has 0 aromatic heterocycles. The quantitative estimate of drug-likeness (QED) is 0.546. The number of ketones is 1. The van der Waals surface area contributed by atoms with Crippen LogP contribution in [0.1, 0.15) is 35.4 Å². The minimum Gasteiger partial charge on any atom is -0.377 e. The Kier molecular flexibility index (Phi) is 5.45. The first-order valence-corrected chi connectivity index (χ1v) is 6.29. The van der Waals surface area contributed by atoms with Crippen molar-refractivity contribution in [2.75, 3.05) is 7.11 Å². The Morgan fingerprint density at radius 3 is 1.87 bits per heavy atom. The third-order valence-corrected chi connectivity index (χ3v) is 3.23. The molecule has 130 valence electrons. The Bertz CT molecular complexity index is 549. The molecule has 1 unspecified atom stereocenters. The van der Waals surface area contributed by atoms with Gasteiger partial charge >= 0.3 is 18.0 Å². The van der Waals surface area contributed by atoms with Crippen molar-refractivity contribution >= 4 is 5.78 Å². The zero-order valence-electron chi connectivity index (χ0n) is 12.1. The lowest BCUT2D eigenvalue weighted by Gasteiger charge is -2.30. The molecule has 9 heteroatoms. The maximum atomic E-state index is 13.4. The maximum absolute atomic E-state index is 13.4. The zero-order chi connectivity index (χ0) is 18.1. The van der Waals surface area contributed by atoms with Gasteiger partial charge in [-0.25, -0.2) is 0 Å². The van der Waals surface area contributed by atoms with E-state index in [4.69, 9.17) is 0 Å². The van der Waals surface area contributed by atoms with Crippen LogP contribution in [0.5, 0.6) is 0 Å². The average molecular weight is 346 g/mol. The summed E-state index contributed by atoms with van der Waals surface area (Å²) in [4.78, 5) is 11.1. The van der Waals surface area contributed by atoms with E-state index in [1.54, 1.807) is 0 Å². The molecule has 0 saturated heterocycles. The number of ether oxygens (including phenoxy) is 1. The predicted molar refractivity (Wildman–Crippen MR) is 66.8 cm³/mol. The lowest BCUT2D eigenvalue weighted by molar-refractivity contribution is -0.358. The number of alkyl halides is 7. The van der Waals surface area contributed by atoms with Crippen molar-refractivity contribution in [3.63, 3.8) is 0 Å². The molecule has 0 aliphatic rings. The molecule has 23 heavy (non-hydrogen) atoms. The SMILES string of the molecule is COC(CC(F)(F)C(F)(F)C(F)(F)F)c1ccc(C(C)=O)cc1. The minimum atomic E-state index is -6.38. The molecule has 1 rings (SSSR count). The highest BCUT2D eigenvalue weighted by atomic mass is 19.4. The third-order valence-electron chi connectivity index (χ3n) is 3.23. The molecule has 0 aliphatic carbocycles. The number of carbonyl (C=O) groups is 1. The van der Waals surface area contributed by atoms with Gasteiger partial charge in [-0.1, -0.05) is 24.3 Å². The molecule has 2 nitrogen and oxygen atoms in total. The van der Waals surface area contributed by atoms with Gasteiger partial charge in [-0.05, 0) is 12.5 Å². The smallest absolute Gasteiger partial charge is 0.377 e. The summed E-state index contributed by atoms with van der Waals surface area (Å²) in [5.74, 6) is -11.9. The second-order valence-corrected chi connectivity index (χ2v) is 4.88. The number of rotatable bonds is 6. The largest absolute Gasteiger partial charge is 0.459 e. The zero-order valence-corrected chi connectivity index (χ0v) is 12.1. The van der Waals surface area contributed by atoms with Gasteiger partial charge in [0.05, 0.1) is 6.10 Å². The molecule has 0 N–H and O–H groups in total. The van der Waals surface area contributed by atoms with Crippen LogP contribution in [0.3, 0.4) is 0 Å². The average Bonchev–Trinajstić information content (AvgIpc) is 2.43. The molecular weight excluding hydrogens is 333 g/mol. The minimum absolute atomic E-state index is 0.0462. The Labute approximate surface area is 127 Å². The van der Waals surface area contributed by atoms with Crippen molar-refractivity contribution in [1.82, 2.24) is 0 Å². The molecular formula is C14H13F7O2. The summed E-state index contributed by atoms with van der Waals surface area (Å²) in [6.07, 6.45) is -9.94. The van der Waals surface area contributed by atoms with Crippen molar-refractivity contribution < 1.29 is 40.3 Å². The molecule has 1 aromatic rings. The van der Waals surface area contributed by atoms with Crippen molar-refractivity contribution in [3.8, 4) is 0 Å². The van der Waals surface area contributed by atoms with E-state index in [0.29, 0.717) is 0 Å². The summed E-state index contributed by atoms with van der Waals surface area (Å²) in [6.45, 7) is 1.25. The highest BCUT2D eigenvalue weighted by Gasteiger charge is 2.73. The molecule has 0 amide bonds. The monoisotopic (exact) mass is 346 g/mol. The Balaban J connectivity index is 3.05. The van der Waals surface area contributed by atoms with E-state index in [-0.39, 0.29) is 16.9 Å².